The lowest BCUT2D eigenvalue weighted by Crippen LogP contribution is -2.50. The standard InChI is InChI=1S/C18H18N2O4/c1-18(2,17(23)24)20-16(22)10-7-8-12-14(9-10)19-13-6-4-3-5-11(13)15(12)21/h3-9,12,14,19H,1-2H3,(H,20,22)(H,23,24). The zero-order chi connectivity index (χ0) is 17.5. The lowest BCUT2D eigenvalue weighted by Gasteiger charge is -2.32. The third-order valence-corrected chi connectivity index (χ3v) is 4.27. The number of fused-ring (bicyclic) bond motifs is 2. The van der Waals surface area contributed by atoms with Crippen molar-refractivity contribution in [2.45, 2.75) is 25.4 Å². The highest BCUT2D eigenvalue weighted by molar-refractivity contribution is 6.07. The Kier molecular flexibility index (Phi) is 3.75. The number of benzene rings is 1. The van der Waals surface area contributed by atoms with Crippen LogP contribution in [0.5, 0.6) is 0 Å². The number of nitrogens with one attached hydrogen (secondary N) is 2. The number of para-hydroxylation sites is 1. The predicted molar refractivity (Wildman–Crippen MR) is 88.8 cm³/mol. The van der Waals surface area contributed by atoms with Crippen LogP contribution in [0.15, 0.2) is 48.1 Å². The van der Waals surface area contributed by atoms with E-state index in [-0.39, 0.29) is 17.7 Å². The van der Waals surface area contributed by atoms with Gasteiger partial charge in [-0.1, -0.05) is 24.3 Å². The van der Waals surface area contributed by atoms with Crippen LogP contribution in [0.4, 0.5) is 5.69 Å². The first-order valence-electron chi connectivity index (χ1n) is 7.65. The van der Waals surface area contributed by atoms with Crippen LogP contribution in [0.1, 0.15) is 24.2 Å². The number of ketones is 1. The van der Waals surface area contributed by atoms with Gasteiger partial charge in [0.05, 0.1) is 12.0 Å². The summed E-state index contributed by atoms with van der Waals surface area (Å²) in [5.74, 6) is -1.96. The molecular weight excluding hydrogens is 308 g/mol. The molecule has 1 aliphatic carbocycles. The van der Waals surface area contributed by atoms with Crippen LogP contribution < -0.4 is 10.6 Å². The number of carbonyl (C=O) groups excluding carboxylic acids is 2. The van der Waals surface area contributed by atoms with Gasteiger partial charge in [0.2, 0.25) is 0 Å². The Morgan fingerprint density at radius 3 is 2.67 bits per heavy atom. The number of amides is 1. The fraction of sp³-hybridized carbons (Fsp3) is 0.278. The minimum atomic E-state index is -1.37. The smallest absolute Gasteiger partial charge is 0.328 e. The molecule has 1 aliphatic heterocycles. The molecule has 0 saturated heterocycles. The number of carbonyl (C=O) groups is 3. The van der Waals surface area contributed by atoms with Crippen molar-refractivity contribution in [2.24, 2.45) is 5.92 Å². The molecule has 2 unspecified atom stereocenters. The molecular formula is C18H18N2O4. The zero-order valence-electron chi connectivity index (χ0n) is 13.4. The summed E-state index contributed by atoms with van der Waals surface area (Å²) in [4.78, 5) is 36.0. The van der Waals surface area contributed by atoms with Gasteiger partial charge in [-0.2, -0.15) is 0 Å². The second-order valence-electron chi connectivity index (χ2n) is 6.47. The highest BCUT2D eigenvalue weighted by Gasteiger charge is 2.36. The predicted octanol–water partition coefficient (Wildman–Crippen LogP) is 1.76. The van der Waals surface area contributed by atoms with E-state index in [1.165, 1.54) is 13.8 Å². The number of Topliss-reactive ketones (excluding diaryl/α,β-unsaturated/α-hetero) is 1. The van der Waals surface area contributed by atoms with Gasteiger partial charge in [0.25, 0.3) is 5.91 Å². The van der Waals surface area contributed by atoms with Crippen molar-refractivity contribution in [1.82, 2.24) is 5.32 Å². The molecule has 2 aliphatic rings. The molecule has 0 radical (unpaired) electrons. The van der Waals surface area contributed by atoms with E-state index in [1.54, 1.807) is 24.3 Å². The van der Waals surface area contributed by atoms with Gasteiger partial charge in [-0.05, 0) is 32.1 Å². The summed E-state index contributed by atoms with van der Waals surface area (Å²) >= 11 is 0. The van der Waals surface area contributed by atoms with Gasteiger partial charge in [0, 0.05) is 16.8 Å². The van der Waals surface area contributed by atoms with Crippen molar-refractivity contribution < 1.29 is 19.5 Å². The van der Waals surface area contributed by atoms with Crippen LogP contribution in [0.2, 0.25) is 0 Å². The number of rotatable bonds is 3. The van der Waals surface area contributed by atoms with Crippen LogP contribution in [-0.4, -0.2) is 34.3 Å². The van der Waals surface area contributed by atoms with Gasteiger partial charge in [-0.3, -0.25) is 9.59 Å². The molecule has 0 fully saturated rings. The molecule has 0 spiro atoms. The summed E-state index contributed by atoms with van der Waals surface area (Å²) in [6, 6.07) is 6.92. The second-order valence-corrected chi connectivity index (χ2v) is 6.47. The van der Waals surface area contributed by atoms with Crippen molar-refractivity contribution in [1.29, 1.82) is 0 Å². The van der Waals surface area contributed by atoms with E-state index >= 15 is 0 Å². The molecule has 3 N–H and O–H groups in total. The van der Waals surface area contributed by atoms with Crippen molar-refractivity contribution >= 4 is 23.3 Å². The Bertz CT molecular complexity index is 792. The van der Waals surface area contributed by atoms with E-state index in [2.05, 4.69) is 10.6 Å². The van der Waals surface area contributed by atoms with Crippen LogP contribution in [0, 0.1) is 5.92 Å². The number of hydrogen-bond acceptors (Lipinski definition) is 4. The summed E-state index contributed by atoms with van der Waals surface area (Å²) in [5, 5.41) is 14.8. The molecule has 1 amide bonds. The van der Waals surface area contributed by atoms with E-state index in [0.717, 1.165) is 5.69 Å². The lowest BCUT2D eigenvalue weighted by atomic mass is 9.81. The Morgan fingerprint density at radius 1 is 1.25 bits per heavy atom. The minimum Gasteiger partial charge on any atom is -0.480 e. The SMILES string of the molecule is CC(C)(NC(=O)C1=CC2Nc3ccccc3C(=O)C2C=C1)C(=O)O. The number of anilines is 1. The topological polar surface area (TPSA) is 95.5 Å². The summed E-state index contributed by atoms with van der Waals surface area (Å²) in [6.45, 7) is 2.84. The van der Waals surface area contributed by atoms with Gasteiger partial charge in [-0.15, -0.1) is 0 Å². The average Bonchev–Trinajstić information content (AvgIpc) is 2.54. The first kappa shape index (κ1) is 16.0. The quantitative estimate of drug-likeness (QED) is 0.786. The summed E-state index contributed by atoms with van der Waals surface area (Å²) in [6.07, 6.45) is 4.94. The average molecular weight is 326 g/mol. The van der Waals surface area contributed by atoms with Crippen molar-refractivity contribution in [2.75, 3.05) is 5.32 Å². The molecule has 1 heterocycles. The maximum Gasteiger partial charge on any atom is 0.328 e. The fourth-order valence-electron chi connectivity index (χ4n) is 2.81. The molecule has 2 atom stereocenters. The van der Waals surface area contributed by atoms with Crippen molar-refractivity contribution in [3.8, 4) is 0 Å². The van der Waals surface area contributed by atoms with Gasteiger partial charge in [0.15, 0.2) is 5.78 Å². The maximum absolute atomic E-state index is 12.5. The highest BCUT2D eigenvalue weighted by atomic mass is 16.4. The second kappa shape index (κ2) is 5.63. The molecule has 3 rings (SSSR count). The normalized spacial score (nSPS) is 21.9. The van der Waals surface area contributed by atoms with Gasteiger partial charge < -0.3 is 15.7 Å². The van der Waals surface area contributed by atoms with Crippen molar-refractivity contribution in [3.05, 3.63) is 53.6 Å². The molecule has 6 heteroatoms. The maximum atomic E-state index is 12.5. The monoisotopic (exact) mass is 326 g/mol. The van der Waals surface area contributed by atoms with E-state index in [9.17, 15) is 14.4 Å². The van der Waals surface area contributed by atoms with Crippen LogP contribution in [0.3, 0.4) is 0 Å². The molecule has 0 bridgehead atoms. The molecule has 1 aromatic carbocycles. The Hall–Kier alpha value is -2.89. The van der Waals surface area contributed by atoms with Crippen molar-refractivity contribution in [3.63, 3.8) is 0 Å². The van der Waals surface area contributed by atoms with Gasteiger partial charge in [-0.25, -0.2) is 4.79 Å². The number of aliphatic carboxylic acids is 1. The number of hydrogen-bond donors (Lipinski definition) is 3. The summed E-state index contributed by atoms with van der Waals surface area (Å²) in [7, 11) is 0. The lowest BCUT2D eigenvalue weighted by molar-refractivity contribution is -0.145. The molecule has 24 heavy (non-hydrogen) atoms. The Labute approximate surface area is 139 Å². The largest absolute Gasteiger partial charge is 0.480 e. The fourth-order valence-corrected chi connectivity index (χ4v) is 2.81. The van der Waals surface area contributed by atoms with Crippen LogP contribution >= 0.6 is 0 Å². The highest BCUT2D eigenvalue weighted by Crippen LogP contribution is 2.32. The van der Waals surface area contributed by atoms with Crippen LogP contribution in [-0.2, 0) is 9.59 Å². The molecule has 0 aromatic heterocycles. The summed E-state index contributed by atoms with van der Waals surface area (Å²) < 4.78 is 0. The zero-order valence-corrected chi connectivity index (χ0v) is 13.4. The number of carboxylic acids is 1. The third-order valence-electron chi connectivity index (χ3n) is 4.27. The molecule has 124 valence electrons. The van der Waals surface area contributed by atoms with Gasteiger partial charge >= 0.3 is 5.97 Å². The third kappa shape index (κ3) is 2.71. The van der Waals surface area contributed by atoms with E-state index in [0.29, 0.717) is 11.1 Å². The Morgan fingerprint density at radius 2 is 1.96 bits per heavy atom. The first-order chi connectivity index (χ1) is 11.3. The van der Waals surface area contributed by atoms with Crippen LogP contribution in [0.25, 0.3) is 0 Å². The Balaban J connectivity index is 1.84. The summed E-state index contributed by atoms with van der Waals surface area (Å²) in [5.41, 5.74) is 0.341. The van der Waals surface area contributed by atoms with E-state index < -0.39 is 17.4 Å². The van der Waals surface area contributed by atoms with E-state index in [1.807, 2.05) is 18.2 Å². The number of carboxylic acid groups (broad SMARTS) is 1. The minimum absolute atomic E-state index is 0.00664. The molecule has 0 saturated carbocycles. The molecule has 1 aromatic rings. The van der Waals surface area contributed by atoms with Gasteiger partial charge in [0.1, 0.15) is 5.54 Å². The molecule has 6 nitrogen and oxygen atoms in total. The van der Waals surface area contributed by atoms with E-state index in [4.69, 9.17) is 5.11 Å². The first-order valence-corrected chi connectivity index (χ1v) is 7.65.